The third-order valence-electron chi connectivity index (χ3n) is 1.84. The molecular weight excluding hydrogens is 190 g/mol. The summed E-state index contributed by atoms with van der Waals surface area (Å²) in [6, 6.07) is 6.09. The van der Waals surface area contributed by atoms with Gasteiger partial charge in [-0.1, -0.05) is 12.0 Å². The van der Waals surface area contributed by atoms with Gasteiger partial charge >= 0.3 is 0 Å². The molecule has 0 aliphatic heterocycles. The minimum atomic E-state index is 1.10. The molecule has 2 aromatic heterocycles. The van der Waals surface area contributed by atoms with E-state index in [-0.39, 0.29) is 0 Å². The molecule has 0 bridgehead atoms. The van der Waals surface area contributed by atoms with Crippen LogP contribution in [0.1, 0.15) is 11.8 Å². The average molecular weight is 199 g/mol. The van der Waals surface area contributed by atoms with Gasteiger partial charge < -0.3 is 0 Å². The van der Waals surface area contributed by atoms with Crippen LogP contribution in [-0.2, 0) is 0 Å². The minimum Gasteiger partial charge on any atom is -0.264 e. The fourth-order valence-electron chi connectivity index (χ4n) is 1.21. The Bertz CT molecular complexity index is 474. The second-order valence-electron chi connectivity index (χ2n) is 2.82. The normalized spacial score (nSPS) is 9.21. The molecule has 0 aliphatic carbocycles. The van der Waals surface area contributed by atoms with Crippen LogP contribution in [0.25, 0.3) is 11.1 Å². The first-order valence-corrected chi connectivity index (χ1v) is 5.20. The Balaban J connectivity index is 2.37. The van der Waals surface area contributed by atoms with E-state index in [0.29, 0.717) is 0 Å². The Labute approximate surface area is 87.4 Å². The second-order valence-corrected chi connectivity index (χ2v) is 3.73. The standard InChI is InChI=1S/C12H9NS/c1-2-4-12-7-11(9-14-12)10-5-3-6-13-8-10/h3,5-9H,1H3. The quantitative estimate of drug-likeness (QED) is 0.643. The number of pyridine rings is 1. The second kappa shape index (κ2) is 4.08. The molecule has 0 atom stereocenters. The van der Waals surface area contributed by atoms with Crippen molar-refractivity contribution in [1.29, 1.82) is 0 Å². The lowest BCUT2D eigenvalue weighted by atomic mass is 10.1. The van der Waals surface area contributed by atoms with E-state index < -0.39 is 0 Å². The molecule has 2 heterocycles. The van der Waals surface area contributed by atoms with Crippen LogP contribution in [0.15, 0.2) is 36.0 Å². The van der Waals surface area contributed by atoms with Crippen LogP contribution in [0.4, 0.5) is 0 Å². The molecule has 14 heavy (non-hydrogen) atoms. The van der Waals surface area contributed by atoms with E-state index in [1.54, 1.807) is 17.5 Å². The van der Waals surface area contributed by atoms with E-state index in [2.05, 4.69) is 34.3 Å². The van der Waals surface area contributed by atoms with Gasteiger partial charge in [-0.2, -0.15) is 0 Å². The van der Waals surface area contributed by atoms with Crippen molar-refractivity contribution in [3.05, 3.63) is 40.8 Å². The SMILES string of the molecule is CC#Cc1cc(-c2cccnc2)cs1. The predicted octanol–water partition coefficient (Wildman–Crippen LogP) is 3.18. The van der Waals surface area contributed by atoms with E-state index in [1.807, 2.05) is 19.2 Å². The Morgan fingerprint density at radius 1 is 1.36 bits per heavy atom. The van der Waals surface area contributed by atoms with E-state index in [9.17, 15) is 0 Å². The molecule has 0 fully saturated rings. The summed E-state index contributed by atoms with van der Waals surface area (Å²) in [4.78, 5) is 5.19. The molecule has 1 nitrogen and oxygen atoms in total. The van der Waals surface area contributed by atoms with Crippen molar-refractivity contribution in [1.82, 2.24) is 4.98 Å². The summed E-state index contributed by atoms with van der Waals surface area (Å²) in [5.74, 6) is 5.94. The summed E-state index contributed by atoms with van der Waals surface area (Å²) in [7, 11) is 0. The maximum absolute atomic E-state index is 4.08. The van der Waals surface area contributed by atoms with Gasteiger partial charge in [0.25, 0.3) is 0 Å². The summed E-state index contributed by atoms with van der Waals surface area (Å²) < 4.78 is 0. The Kier molecular flexibility index (Phi) is 2.62. The molecule has 0 aromatic carbocycles. The lowest BCUT2D eigenvalue weighted by Gasteiger charge is -1.93. The number of hydrogen-bond acceptors (Lipinski definition) is 2. The molecule has 68 valence electrons. The highest BCUT2D eigenvalue weighted by atomic mass is 32.1. The summed E-state index contributed by atoms with van der Waals surface area (Å²) in [6.07, 6.45) is 3.65. The smallest absolute Gasteiger partial charge is 0.0774 e. The topological polar surface area (TPSA) is 12.9 Å². The lowest BCUT2D eigenvalue weighted by molar-refractivity contribution is 1.33. The van der Waals surface area contributed by atoms with E-state index in [0.717, 1.165) is 10.4 Å². The first kappa shape index (κ1) is 8.98. The van der Waals surface area contributed by atoms with Gasteiger partial charge in [0.05, 0.1) is 4.88 Å². The van der Waals surface area contributed by atoms with Gasteiger partial charge in [0, 0.05) is 18.0 Å². The van der Waals surface area contributed by atoms with Gasteiger partial charge in [-0.3, -0.25) is 4.98 Å². The highest BCUT2D eigenvalue weighted by Crippen LogP contribution is 2.24. The molecule has 0 unspecified atom stereocenters. The van der Waals surface area contributed by atoms with Crippen LogP contribution in [0.5, 0.6) is 0 Å². The van der Waals surface area contributed by atoms with Gasteiger partial charge in [0.15, 0.2) is 0 Å². The zero-order chi connectivity index (χ0) is 9.80. The molecule has 2 aromatic rings. The Morgan fingerprint density at radius 3 is 3.00 bits per heavy atom. The molecule has 0 aliphatic rings. The monoisotopic (exact) mass is 199 g/mol. The van der Waals surface area contributed by atoms with Crippen molar-refractivity contribution in [3.8, 4) is 23.0 Å². The largest absolute Gasteiger partial charge is 0.264 e. The average Bonchev–Trinajstić information content (AvgIpc) is 2.68. The fraction of sp³-hybridized carbons (Fsp3) is 0.0833. The Hall–Kier alpha value is -1.59. The molecule has 0 amide bonds. The van der Waals surface area contributed by atoms with Crippen molar-refractivity contribution in [2.45, 2.75) is 6.92 Å². The van der Waals surface area contributed by atoms with Crippen molar-refractivity contribution in [2.75, 3.05) is 0 Å². The van der Waals surface area contributed by atoms with Crippen LogP contribution >= 0.6 is 11.3 Å². The highest BCUT2D eigenvalue weighted by molar-refractivity contribution is 7.11. The van der Waals surface area contributed by atoms with Crippen molar-refractivity contribution < 1.29 is 0 Å². The molecule has 2 heteroatoms. The van der Waals surface area contributed by atoms with Crippen molar-refractivity contribution in [3.63, 3.8) is 0 Å². The molecular formula is C12H9NS. The third-order valence-corrected chi connectivity index (χ3v) is 2.69. The molecule has 0 N–H and O–H groups in total. The molecule has 0 spiro atoms. The lowest BCUT2D eigenvalue weighted by Crippen LogP contribution is -1.74. The van der Waals surface area contributed by atoms with E-state index >= 15 is 0 Å². The number of aromatic nitrogens is 1. The summed E-state index contributed by atoms with van der Waals surface area (Å²) in [5, 5.41) is 2.11. The van der Waals surface area contributed by atoms with Gasteiger partial charge in [0.1, 0.15) is 0 Å². The zero-order valence-electron chi connectivity index (χ0n) is 7.82. The summed E-state index contributed by atoms with van der Waals surface area (Å²) >= 11 is 1.67. The van der Waals surface area contributed by atoms with Gasteiger partial charge in [-0.15, -0.1) is 17.3 Å². The number of hydrogen-bond donors (Lipinski definition) is 0. The van der Waals surface area contributed by atoms with Crippen LogP contribution in [0, 0.1) is 11.8 Å². The maximum atomic E-state index is 4.08. The maximum Gasteiger partial charge on any atom is 0.0774 e. The van der Waals surface area contributed by atoms with Crippen LogP contribution < -0.4 is 0 Å². The van der Waals surface area contributed by atoms with E-state index in [1.165, 1.54) is 5.56 Å². The number of thiophene rings is 1. The molecule has 0 saturated carbocycles. The Morgan fingerprint density at radius 2 is 2.29 bits per heavy atom. The molecule has 0 saturated heterocycles. The van der Waals surface area contributed by atoms with Gasteiger partial charge in [-0.25, -0.2) is 0 Å². The number of nitrogens with zero attached hydrogens (tertiary/aromatic N) is 1. The molecule has 0 radical (unpaired) electrons. The first-order valence-electron chi connectivity index (χ1n) is 4.32. The van der Waals surface area contributed by atoms with Crippen molar-refractivity contribution in [2.24, 2.45) is 0 Å². The van der Waals surface area contributed by atoms with Crippen LogP contribution in [-0.4, -0.2) is 4.98 Å². The first-order chi connectivity index (χ1) is 6.90. The summed E-state index contributed by atoms with van der Waals surface area (Å²) in [5.41, 5.74) is 2.34. The van der Waals surface area contributed by atoms with E-state index in [4.69, 9.17) is 0 Å². The highest BCUT2D eigenvalue weighted by Gasteiger charge is 1.99. The number of rotatable bonds is 1. The van der Waals surface area contributed by atoms with Gasteiger partial charge in [0.2, 0.25) is 0 Å². The minimum absolute atomic E-state index is 1.10. The fourth-order valence-corrected chi connectivity index (χ4v) is 2.02. The molecule has 2 rings (SSSR count). The van der Waals surface area contributed by atoms with Gasteiger partial charge in [-0.05, 0) is 30.0 Å². The summed E-state index contributed by atoms with van der Waals surface area (Å²) in [6.45, 7) is 1.85. The zero-order valence-corrected chi connectivity index (χ0v) is 8.64. The van der Waals surface area contributed by atoms with Crippen LogP contribution in [0.2, 0.25) is 0 Å². The predicted molar refractivity (Wildman–Crippen MR) is 60.1 cm³/mol. The third kappa shape index (κ3) is 1.84. The van der Waals surface area contributed by atoms with Crippen LogP contribution in [0.3, 0.4) is 0 Å². The van der Waals surface area contributed by atoms with Crippen molar-refractivity contribution >= 4 is 11.3 Å².